The number of hydrogen-bond donors (Lipinski definition) is 3. The number of aliphatic hydroxyl groups excluding tert-OH is 2. The molecule has 0 radical (unpaired) electrons. The van der Waals surface area contributed by atoms with Gasteiger partial charge in [0.05, 0.1) is 24.4 Å². The van der Waals surface area contributed by atoms with Crippen LogP contribution in [-0.2, 0) is 9.53 Å². The fourth-order valence-corrected chi connectivity index (χ4v) is 7.93. The molecular formula is C25H41NO5. The minimum atomic E-state index is -0.985. The second-order valence-corrected chi connectivity index (χ2v) is 11.4. The van der Waals surface area contributed by atoms with Crippen LogP contribution in [0, 0.1) is 28.6 Å². The topological polar surface area (TPSA) is 90.2 Å². The lowest BCUT2D eigenvalue weighted by atomic mass is 9.46. The van der Waals surface area contributed by atoms with E-state index in [9.17, 15) is 20.1 Å². The number of allylic oxidation sites excluding steroid dienone is 1. The van der Waals surface area contributed by atoms with Crippen LogP contribution in [0.2, 0.25) is 0 Å². The number of nitrogens with zero attached hydrogens (tertiary/aromatic N) is 1. The molecule has 6 heteroatoms. The molecule has 3 saturated carbocycles. The van der Waals surface area contributed by atoms with Gasteiger partial charge in [0.25, 0.3) is 0 Å². The number of rotatable bonds is 5. The van der Waals surface area contributed by atoms with Crippen molar-refractivity contribution < 1.29 is 24.9 Å². The van der Waals surface area contributed by atoms with Crippen molar-refractivity contribution in [1.29, 1.82) is 0 Å². The molecule has 0 aromatic carbocycles. The summed E-state index contributed by atoms with van der Waals surface area (Å²) in [5, 5.41) is 32.9. The van der Waals surface area contributed by atoms with Crippen LogP contribution in [-0.4, -0.2) is 77.2 Å². The molecule has 176 valence electrons. The first-order valence-corrected chi connectivity index (χ1v) is 12.0. The molecular weight excluding hydrogens is 394 g/mol. The lowest BCUT2D eigenvalue weighted by Gasteiger charge is -2.60. The zero-order valence-corrected chi connectivity index (χ0v) is 19.8. The van der Waals surface area contributed by atoms with E-state index in [2.05, 4.69) is 32.7 Å². The second-order valence-electron chi connectivity index (χ2n) is 11.4. The Morgan fingerprint density at radius 3 is 2.58 bits per heavy atom. The number of carbonyl (C=O) groups excluding carboxylic acids is 1. The summed E-state index contributed by atoms with van der Waals surface area (Å²) in [5.41, 5.74) is -0.771. The summed E-state index contributed by atoms with van der Waals surface area (Å²) in [5.74, 6) is 0.159. The average molecular weight is 436 g/mol. The Kier molecular flexibility index (Phi) is 5.96. The predicted molar refractivity (Wildman–Crippen MR) is 118 cm³/mol. The highest BCUT2D eigenvalue weighted by atomic mass is 16.5. The summed E-state index contributed by atoms with van der Waals surface area (Å²) in [4.78, 5) is 15.5. The SMILES string of the molecule is COCCN(C)C(C)C1CCC2(O)C3=CC(=O)C4CC(O)C(O)CC4(C)C3CCC12C. The zero-order valence-electron chi connectivity index (χ0n) is 19.8. The van der Waals surface area contributed by atoms with Crippen LogP contribution in [0.15, 0.2) is 11.6 Å². The Balaban J connectivity index is 1.67. The van der Waals surface area contributed by atoms with Crippen molar-refractivity contribution in [3.05, 3.63) is 11.6 Å². The smallest absolute Gasteiger partial charge is 0.159 e. The number of fused-ring (bicyclic) bond motifs is 5. The molecule has 0 heterocycles. The van der Waals surface area contributed by atoms with Crippen molar-refractivity contribution in [3.8, 4) is 0 Å². The highest BCUT2D eigenvalue weighted by molar-refractivity contribution is 5.95. The van der Waals surface area contributed by atoms with E-state index < -0.39 is 23.2 Å². The van der Waals surface area contributed by atoms with Gasteiger partial charge in [0.1, 0.15) is 0 Å². The lowest BCUT2D eigenvalue weighted by Crippen LogP contribution is -2.61. The fourth-order valence-electron chi connectivity index (χ4n) is 7.93. The maximum Gasteiger partial charge on any atom is 0.159 e. The Morgan fingerprint density at radius 2 is 1.90 bits per heavy atom. The molecule has 6 nitrogen and oxygen atoms in total. The van der Waals surface area contributed by atoms with E-state index in [0.717, 1.165) is 31.4 Å². The molecule has 9 atom stereocenters. The zero-order chi connectivity index (χ0) is 22.8. The number of ether oxygens (including phenoxy) is 1. The minimum Gasteiger partial charge on any atom is -0.390 e. The van der Waals surface area contributed by atoms with Crippen molar-refractivity contribution >= 4 is 5.78 Å². The van der Waals surface area contributed by atoms with Crippen LogP contribution < -0.4 is 0 Å². The van der Waals surface area contributed by atoms with Gasteiger partial charge in [0.2, 0.25) is 0 Å². The van der Waals surface area contributed by atoms with Gasteiger partial charge in [-0.1, -0.05) is 13.8 Å². The third-order valence-corrected chi connectivity index (χ3v) is 10.1. The number of methoxy groups -OCH3 is 1. The maximum atomic E-state index is 13.2. The van der Waals surface area contributed by atoms with Crippen LogP contribution in [0.3, 0.4) is 0 Å². The molecule has 0 spiro atoms. The number of ketones is 1. The monoisotopic (exact) mass is 435 g/mol. The quantitative estimate of drug-likeness (QED) is 0.613. The summed E-state index contributed by atoms with van der Waals surface area (Å²) < 4.78 is 5.26. The highest BCUT2D eigenvalue weighted by Gasteiger charge is 2.67. The van der Waals surface area contributed by atoms with Gasteiger partial charge in [-0.3, -0.25) is 4.79 Å². The van der Waals surface area contributed by atoms with Crippen LogP contribution in [0.4, 0.5) is 0 Å². The third kappa shape index (κ3) is 3.28. The molecule has 0 aromatic heterocycles. The molecule has 0 bridgehead atoms. The van der Waals surface area contributed by atoms with Gasteiger partial charge in [-0.15, -0.1) is 0 Å². The first-order chi connectivity index (χ1) is 14.5. The van der Waals surface area contributed by atoms with Gasteiger partial charge in [-0.05, 0) is 81.4 Å². The molecule has 3 N–H and O–H groups in total. The van der Waals surface area contributed by atoms with Crippen LogP contribution >= 0.6 is 0 Å². The molecule has 4 aliphatic carbocycles. The van der Waals surface area contributed by atoms with Gasteiger partial charge in [-0.2, -0.15) is 0 Å². The summed E-state index contributed by atoms with van der Waals surface area (Å²) >= 11 is 0. The first kappa shape index (κ1) is 23.4. The summed E-state index contributed by atoms with van der Waals surface area (Å²) in [6, 6.07) is 0.306. The minimum absolute atomic E-state index is 0.0195. The number of aliphatic hydroxyl groups is 3. The van der Waals surface area contributed by atoms with Gasteiger partial charge in [0.15, 0.2) is 5.78 Å². The summed E-state index contributed by atoms with van der Waals surface area (Å²) in [6.45, 7) is 8.11. The molecule has 31 heavy (non-hydrogen) atoms. The van der Waals surface area contributed by atoms with Gasteiger partial charge in [0, 0.05) is 31.0 Å². The molecule has 3 fully saturated rings. The molecule has 0 aliphatic heterocycles. The van der Waals surface area contributed by atoms with Crippen molar-refractivity contribution in [2.24, 2.45) is 28.6 Å². The predicted octanol–water partition coefficient (Wildman–Crippen LogP) is 2.16. The summed E-state index contributed by atoms with van der Waals surface area (Å²) in [6.07, 6.45) is 4.27. The Bertz CT molecular complexity index is 754. The number of likely N-dealkylation sites (N-methyl/N-ethyl adjacent to an activating group) is 1. The van der Waals surface area contributed by atoms with Gasteiger partial charge < -0.3 is 25.0 Å². The molecule has 4 rings (SSSR count). The van der Waals surface area contributed by atoms with E-state index in [1.54, 1.807) is 13.2 Å². The maximum absolute atomic E-state index is 13.2. The van der Waals surface area contributed by atoms with Crippen molar-refractivity contribution in [2.75, 3.05) is 27.3 Å². The fraction of sp³-hybridized carbons (Fsp3) is 0.880. The highest BCUT2D eigenvalue weighted by Crippen LogP contribution is 2.67. The van der Waals surface area contributed by atoms with E-state index in [-0.39, 0.29) is 23.0 Å². The first-order valence-electron chi connectivity index (χ1n) is 12.0. The lowest BCUT2D eigenvalue weighted by molar-refractivity contribution is -0.153. The van der Waals surface area contributed by atoms with E-state index in [1.165, 1.54) is 0 Å². The molecule has 9 unspecified atom stereocenters. The van der Waals surface area contributed by atoms with Crippen LogP contribution in [0.1, 0.15) is 59.3 Å². The molecule has 4 aliphatic rings. The Labute approximate surface area is 186 Å². The largest absolute Gasteiger partial charge is 0.390 e. The van der Waals surface area contributed by atoms with Crippen molar-refractivity contribution in [2.45, 2.75) is 83.1 Å². The van der Waals surface area contributed by atoms with E-state index >= 15 is 0 Å². The van der Waals surface area contributed by atoms with E-state index in [0.29, 0.717) is 37.8 Å². The van der Waals surface area contributed by atoms with Gasteiger partial charge >= 0.3 is 0 Å². The van der Waals surface area contributed by atoms with Crippen LogP contribution in [0.5, 0.6) is 0 Å². The second kappa shape index (κ2) is 7.91. The molecule has 0 amide bonds. The average Bonchev–Trinajstić information content (AvgIpc) is 2.99. The summed E-state index contributed by atoms with van der Waals surface area (Å²) in [7, 11) is 3.84. The van der Waals surface area contributed by atoms with E-state index in [4.69, 9.17) is 4.74 Å². The number of carbonyl (C=O) groups is 1. The Morgan fingerprint density at radius 1 is 1.19 bits per heavy atom. The van der Waals surface area contributed by atoms with Gasteiger partial charge in [-0.25, -0.2) is 0 Å². The van der Waals surface area contributed by atoms with E-state index in [1.807, 2.05) is 0 Å². The van der Waals surface area contributed by atoms with Crippen LogP contribution in [0.25, 0.3) is 0 Å². The normalized spacial score (nSPS) is 48.1. The number of hydrogen-bond acceptors (Lipinski definition) is 6. The standard InChI is InChI=1S/C25H41NO5/c1-15(26(4)10-11-31-5)16-7-9-25(30)18-12-20(27)19-13-21(28)22(29)14-23(19,2)17(18)6-8-24(16,25)3/h12,15-17,19,21-22,28-30H,6-11,13-14H2,1-5H3. The molecule has 0 saturated heterocycles. The Hall–Kier alpha value is -0.790. The van der Waals surface area contributed by atoms with Crippen molar-refractivity contribution in [3.63, 3.8) is 0 Å². The third-order valence-electron chi connectivity index (χ3n) is 10.1. The molecule has 0 aromatic rings. The van der Waals surface area contributed by atoms with Crippen molar-refractivity contribution in [1.82, 2.24) is 4.90 Å².